The molecule has 0 saturated carbocycles. The number of carbonyl (C=O) groups excluding carboxylic acids is 1. The van der Waals surface area contributed by atoms with Crippen molar-refractivity contribution in [2.75, 3.05) is 17.7 Å². The molecule has 1 N–H and O–H groups in total. The minimum atomic E-state index is -0.128. The summed E-state index contributed by atoms with van der Waals surface area (Å²) < 4.78 is 7.35. The highest BCUT2D eigenvalue weighted by atomic mass is 79.9. The van der Waals surface area contributed by atoms with Crippen LogP contribution < -0.4 is 10.1 Å². The van der Waals surface area contributed by atoms with Gasteiger partial charge >= 0.3 is 0 Å². The van der Waals surface area contributed by atoms with Crippen LogP contribution in [0.25, 0.3) is 0 Å². The summed E-state index contributed by atoms with van der Waals surface area (Å²) in [5.41, 5.74) is 0. The van der Waals surface area contributed by atoms with Crippen molar-refractivity contribution in [1.29, 1.82) is 0 Å². The van der Waals surface area contributed by atoms with Gasteiger partial charge in [-0.2, -0.15) is 0 Å². The SMILES string of the molecule is CCSc1nnc(NC(=O)CCOc2ccc(Br)cc2)s1. The first-order chi connectivity index (χ1) is 10.2. The molecule has 2 aromatic rings. The van der Waals surface area contributed by atoms with Crippen molar-refractivity contribution < 1.29 is 9.53 Å². The average Bonchev–Trinajstić information content (AvgIpc) is 2.89. The predicted octanol–water partition coefficient (Wildman–Crippen LogP) is 3.82. The number of nitrogens with one attached hydrogen (secondary N) is 1. The standard InChI is InChI=1S/C13H14BrN3O2S2/c1-2-20-13-17-16-12(21-13)15-11(18)7-8-19-10-5-3-9(14)4-6-10/h3-6H,2,7-8H2,1H3,(H,15,16,18). The van der Waals surface area contributed by atoms with Gasteiger partial charge in [0.05, 0.1) is 13.0 Å². The van der Waals surface area contributed by atoms with E-state index in [0.717, 1.165) is 20.3 Å². The second-order valence-corrected chi connectivity index (χ2v) is 7.31. The molecule has 0 aliphatic heterocycles. The number of hydrogen-bond donors (Lipinski definition) is 1. The fourth-order valence-corrected chi connectivity index (χ4v) is 3.35. The Morgan fingerprint density at radius 3 is 2.86 bits per heavy atom. The summed E-state index contributed by atoms with van der Waals surface area (Å²) in [7, 11) is 0. The van der Waals surface area contributed by atoms with Gasteiger partial charge in [0.15, 0.2) is 4.34 Å². The Morgan fingerprint density at radius 1 is 1.38 bits per heavy atom. The highest BCUT2D eigenvalue weighted by molar-refractivity contribution is 9.10. The number of rotatable bonds is 7. The summed E-state index contributed by atoms with van der Waals surface area (Å²) in [6, 6.07) is 7.48. The summed E-state index contributed by atoms with van der Waals surface area (Å²) >= 11 is 6.34. The molecule has 0 unspecified atom stereocenters. The number of nitrogens with zero attached hydrogens (tertiary/aromatic N) is 2. The van der Waals surface area contributed by atoms with Crippen LogP contribution in [0.5, 0.6) is 5.75 Å². The number of halogens is 1. The molecule has 1 amide bonds. The van der Waals surface area contributed by atoms with Gasteiger partial charge in [0, 0.05) is 4.47 Å². The normalized spacial score (nSPS) is 10.4. The number of aromatic nitrogens is 2. The van der Waals surface area contributed by atoms with E-state index < -0.39 is 0 Å². The summed E-state index contributed by atoms with van der Waals surface area (Å²) in [4.78, 5) is 11.8. The summed E-state index contributed by atoms with van der Waals surface area (Å²) in [5.74, 6) is 1.55. The molecule has 0 spiro atoms. The molecule has 0 saturated heterocycles. The van der Waals surface area contributed by atoms with Gasteiger partial charge in [0.1, 0.15) is 5.75 Å². The maximum Gasteiger partial charge on any atom is 0.229 e. The molecule has 0 bridgehead atoms. The Labute approximate surface area is 139 Å². The first-order valence-electron chi connectivity index (χ1n) is 6.32. The van der Waals surface area contributed by atoms with Gasteiger partial charge in [-0.05, 0) is 30.0 Å². The van der Waals surface area contributed by atoms with Crippen molar-refractivity contribution in [3.63, 3.8) is 0 Å². The molecule has 1 aromatic heterocycles. The third kappa shape index (κ3) is 5.64. The highest BCUT2D eigenvalue weighted by Crippen LogP contribution is 2.25. The van der Waals surface area contributed by atoms with E-state index in [0.29, 0.717) is 11.7 Å². The quantitative estimate of drug-likeness (QED) is 0.577. The molecule has 0 aliphatic rings. The first-order valence-corrected chi connectivity index (χ1v) is 8.91. The van der Waals surface area contributed by atoms with Gasteiger partial charge in [-0.25, -0.2) is 0 Å². The molecule has 0 fully saturated rings. The zero-order valence-electron chi connectivity index (χ0n) is 11.3. The van der Waals surface area contributed by atoms with E-state index in [1.165, 1.54) is 11.3 Å². The predicted molar refractivity (Wildman–Crippen MR) is 89.2 cm³/mol. The van der Waals surface area contributed by atoms with Gasteiger partial charge in [0.2, 0.25) is 11.0 Å². The number of anilines is 1. The van der Waals surface area contributed by atoms with Crippen LogP contribution in [0, 0.1) is 0 Å². The van der Waals surface area contributed by atoms with Crippen molar-refractivity contribution in [3.8, 4) is 5.75 Å². The molecule has 21 heavy (non-hydrogen) atoms. The molecule has 0 atom stereocenters. The fraction of sp³-hybridized carbons (Fsp3) is 0.308. The topological polar surface area (TPSA) is 64.1 Å². The van der Waals surface area contributed by atoms with Crippen molar-refractivity contribution in [3.05, 3.63) is 28.7 Å². The second kappa shape index (κ2) is 8.35. The van der Waals surface area contributed by atoms with Crippen LogP contribution in [0.4, 0.5) is 5.13 Å². The Hall–Kier alpha value is -1.12. The van der Waals surface area contributed by atoms with Crippen LogP contribution in [-0.2, 0) is 4.79 Å². The molecule has 8 heteroatoms. The Morgan fingerprint density at radius 2 is 2.14 bits per heavy atom. The average molecular weight is 388 g/mol. The van der Waals surface area contributed by atoms with Crippen molar-refractivity contribution in [2.45, 2.75) is 17.7 Å². The van der Waals surface area contributed by atoms with Crippen molar-refractivity contribution in [1.82, 2.24) is 10.2 Å². The number of amides is 1. The lowest BCUT2D eigenvalue weighted by Crippen LogP contribution is -2.15. The van der Waals surface area contributed by atoms with Crippen LogP contribution in [0.3, 0.4) is 0 Å². The van der Waals surface area contributed by atoms with E-state index in [4.69, 9.17) is 4.74 Å². The van der Waals surface area contributed by atoms with Gasteiger partial charge in [0.25, 0.3) is 0 Å². The smallest absolute Gasteiger partial charge is 0.229 e. The first kappa shape index (κ1) is 16.3. The Balaban J connectivity index is 1.72. The molecule has 2 rings (SSSR count). The monoisotopic (exact) mass is 387 g/mol. The van der Waals surface area contributed by atoms with Crippen LogP contribution in [0.15, 0.2) is 33.1 Å². The van der Waals surface area contributed by atoms with Crippen LogP contribution in [-0.4, -0.2) is 28.5 Å². The molecule has 1 heterocycles. The van der Waals surface area contributed by atoms with Crippen molar-refractivity contribution >= 4 is 50.1 Å². The molecule has 112 valence electrons. The molecular formula is C13H14BrN3O2S2. The van der Waals surface area contributed by atoms with E-state index in [1.807, 2.05) is 31.2 Å². The van der Waals surface area contributed by atoms with Crippen molar-refractivity contribution in [2.24, 2.45) is 0 Å². The maximum atomic E-state index is 11.8. The van der Waals surface area contributed by atoms with Crippen LogP contribution in [0.1, 0.15) is 13.3 Å². The lowest BCUT2D eigenvalue weighted by molar-refractivity contribution is -0.116. The lowest BCUT2D eigenvalue weighted by Gasteiger charge is -2.05. The molecule has 5 nitrogen and oxygen atoms in total. The summed E-state index contributed by atoms with van der Waals surface area (Å²) in [5, 5.41) is 11.1. The van der Waals surface area contributed by atoms with E-state index in [-0.39, 0.29) is 12.3 Å². The minimum Gasteiger partial charge on any atom is -0.493 e. The van der Waals surface area contributed by atoms with Gasteiger partial charge in [-0.15, -0.1) is 10.2 Å². The highest BCUT2D eigenvalue weighted by Gasteiger charge is 2.08. The van der Waals surface area contributed by atoms with E-state index >= 15 is 0 Å². The summed E-state index contributed by atoms with van der Waals surface area (Å²) in [6.07, 6.45) is 0.270. The van der Waals surface area contributed by atoms with Gasteiger partial charge in [-0.3, -0.25) is 4.79 Å². The Kier molecular flexibility index (Phi) is 6.47. The largest absolute Gasteiger partial charge is 0.493 e. The number of ether oxygens (including phenoxy) is 1. The minimum absolute atomic E-state index is 0.128. The van der Waals surface area contributed by atoms with E-state index in [2.05, 4.69) is 31.4 Å². The zero-order chi connectivity index (χ0) is 15.1. The van der Waals surface area contributed by atoms with E-state index in [9.17, 15) is 4.79 Å². The number of hydrogen-bond acceptors (Lipinski definition) is 6. The molecule has 0 radical (unpaired) electrons. The van der Waals surface area contributed by atoms with E-state index in [1.54, 1.807) is 11.8 Å². The second-order valence-electron chi connectivity index (χ2n) is 3.91. The third-order valence-corrected chi connectivity index (χ3v) is 4.71. The molecule has 1 aromatic carbocycles. The third-order valence-electron chi connectivity index (χ3n) is 2.33. The maximum absolute atomic E-state index is 11.8. The van der Waals surface area contributed by atoms with Crippen LogP contribution in [0.2, 0.25) is 0 Å². The van der Waals surface area contributed by atoms with Crippen LogP contribution >= 0.6 is 39.0 Å². The lowest BCUT2D eigenvalue weighted by atomic mass is 10.3. The molecular weight excluding hydrogens is 374 g/mol. The fourth-order valence-electron chi connectivity index (χ4n) is 1.42. The summed E-state index contributed by atoms with van der Waals surface area (Å²) in [6.45, 7) is 2.37. The van der Waals surface area contributed by atoms with Gasteiger partial charge < -0.3 is 10.1 Å². The Bertz CT molecular complexity index is 589. The number of thioether (sulfide) groups is 1. The number of benzene rings is 1. The zero-order valence-corrected chi connectivity index (χ0v) is 14.6. The molecule has 0 aliphatic carbocycles. The number of carbonyl (C=O) groups is 1. The van der Waals surface area contributed by atoms with Gasteiger partial charge in [-0.1, -0.05) is 46.0 Å².